The fourth-order valence-electron chi connectivity index (χ4n) is 9.02. The molecule has 82 heavy (non-hydrogen) atoms. The lowest BCUT2D eigenvalue weighted by Crippen LogP contribution is -2.54. The number of imide groups is 2. The van der Waals surface area contributed by atoms with Crippen LogP contribution < -0.4 is 10.6 Å². The first-order chi connectivity index (χ1) is 40.2. The van der Waals surface area contributed by atoms with E-state index in [9.17, 15) is 28.8 Å². The molecule has 0 aromatic heterocycles. The largest absolute Gasteiger partial charge is 0.448 e. The second kappa shape index (κ2) is 38.9. The van der Waals surface area contributed by atoms with E-state index in [0.717, 1.165) is 17.7 Å². The van der Waals surface area contributed by atoms with Gasteiger partial charge < -0.3 is 71.8 Å². The monoisotopic (exact) mass is 1150 g/mol. The predicted octanol–water partition coefficient (Wildman–Crippen LogP) is 4.67. The van der Waals surface area contributed by atoms with Gasteiger partial charge in [0.2, 0.25) is 17.7 Å². The fourth-order valence-corrected chi connectivity index (χ4v) is 9.02. The van der Waals surface area contributed by atoms with Crippen LogP contribution in [-0.4, -0.2) is 230 Å². The second-order valence-corrected chi connectivity index (χ2v) is 19.1. The number of nitrogens with zero attached hydrogens (tertiary/aromatic N) is 2. The van der Waals surface area contributed by atoms with Gasteiger partial charge in [0.1, 0.15) is 12.6 Å². The lowest BCUT2D eigenvalue weighted by Gasteiger charge is -2.27. The molecule has 2 aliphatic heterocycles. The van der Waals surface area contributed by atoms with Crippen molar-refractivity contribution in [1.29, 1.82) is 0 Å². The Balaban J connectivity index is 0.587. The zero-order chi connectivity index (χ0) is 57.8. The summed E-state index contributed by atoms with van der Waals surface area (Å²) in [6, 6.07) is 20.1. The molecule has 1 saturated heterocycles. The molecule has 0 bridgehead atoms. The van der Waals surface area contributed by atoms with Crippen molar-refractivity contribution in [3.05, 3.63) is 89.0 Å². The SMILES string of the molecule is CN(CCOCCOCCOCCOCCOCCOCCOCCOCCOCCOCCOCCOCCCCCC(=O)Nc1cccc2c1C(=O)N(C1CCC(=O)NC1=O)C2=O)C(=O)OCC1c2ccccc2-c2ccccc21. The molecule has 1 fully saturated rings. The van der Waals surface area contributed by atoms with E-state index in [1.165, 1.54) is 33.2 Å². The maximum atomic E-state index is 13.2. The summed E-state index contributed by atoms with van der Waals surface area (Å²) in [5, 5.41) is 4.91. The van der Waals surface area contributed by atoms with E-state index in [4.69, 9.17) is 61.6 Å². The molecule has 1 aliphatic carbocycles. The van der Waals surface area contributed by atoms with Crippen molar-refractivity contribution < 1.29 is 90.3 Å². The molecule has 23 heteroatoms. The number of amides is 6. The molecule has 2 heterocycles. The number of anilines is 1. The first kappa shape index (κ1) is 65.4. The summed E-state index contributed by atoms with van der Waals surface area (Å²) < 4.78 is 72.3. The highest BCUT2D eigenvalue weighted by Crippen LogP contribution is 2.44. The normalized spacial score (nSPS) is 14.7. The van der Waals surface area contributed by atoms with Crippen LogP contribution in [0.2, 0.25) is 0 Å². The minimum absolute atomic E-state index is 0.0227. The predicted molar refractivity (Wildman–Crippen MR) is 298 cm³/mol. The number of nitrogens with one attached hydrogen (secondary N) is 2. The van der Waals surface area contributed by atoms with Crippen molar-refractivity contribution >= 4 is 41.3 Å². The Kier molecular flexibility index (Phi) is 31.0. The second-order valence-electron chi connectivity index (χ2n) is 19.1. The summed E-state index contributed by atoms with van der Waals surface area (Å²) in [4.78, 5) is 77.9. The Morgan fingerprint density at radius 1 is 0.512 bits per heavy atom. The van der Waals surface area contributed by atoms with Crippen molar-refractivity contribution in [2.24, 2.45) is 0 Å². The zero-order valence-electron chi connectivity index (χ0n) is 47.3. The molecule has 3 aliphatic rings. The van der Waals surface area contributed by atoms with Gasteiger partial charge in [-0.3, -0.25) is 34.2 Å². The highest BCUT2D eigenvalue weighted by molar-refractivity contribution is 6.26. The third-order valence-electron chi connectivity index (χ3n) is 13.2. The molecule has 0 saturated carbocycles. The zero-order valence-corrected chi connectivity index (χ0v) is 47.3. The van der Waals surface area contributed by atoms with E-state index in [1.54, 1.807) is 19.2 Å². The van der Waals surface area contributed by atoms with Crippen LogP contribution >= 0.6 is 0 Å². The Morgan fingerprint density at radius 2 is 0.939 bits per heavy atom. The van der Waals surface area contributed by atoms with E-state index in [0.29, 0.717) is 172 Å². The van der Waals surface area contributed by atoms with Gasteiger partial charge in [-0.1, -0.05) is 61.0 Å². The Morgan fingerprint density at radius 3 is 1.40 bits per heavy atom. The van der Waals surface area contributed by atoms with Crippen LogP contribution in [-0.2, 0) is 76.0 Å². The maximum absolute atomic E-state index is 13.2. The molecular weight excluding hydrogens is 1070 g/mol. The van der Waals surface area contributed by atoms with Crippen LogP contribution in [0.3, 0.4) is 0 Å². The number of rotatable bonds is 46. The minimum atomic E-state index is -1.08. The number of hydrogen-bond donors (Lipinski definition) is 2. The van der Waals surface area contributed by atoms with Gasteiger partial charge in [0.15, 0.2) is 0 Å². The molecule has 1 unspecified atom stereocenters. The summed E-state index contributed by atoms with van der Waals surface area (Å²) in [7, 11) is 1.71. The van der Waals surface area contributed by atoms with Crippen molar-refractivity contribution in [1.82, 2.24) is 15.1 Å². The molecule has 452 valence electrons. The number of carbonyl (C=O) groups is 6. The number of likely N-dealkylation sites (N-methyl/N-ethyl adjacent to an activating group) is 1. The highest BCUT2D eigenvalue weighted by atomic mass is 16.6. The van der Waals surface area contributed by atoms with Gasteiger partial charge in [0.25, 0.3) is 11.8 Å². The van der Waals surface area contributed by atoms with Gasteiger partial charge in [0, 0.05) is 39.0 Å². The molecule has 23 nitrogen and oxygen atoms in total. The van der Waals surface area contributed by atoms with Crippen LogP contribution in [0.1, 0.15) is 76.3 Å². The standard InChI is InChI=1S/C59H82N4O19/c1-62(59(69)82-44-50-47-12-6-4-10-45(47)46-11-5-7-13-48(46)50)19-21-71-23-25-73-27-29-75-31-33-77-35-37-79-39-41-81-43-42-80-40-38-78-36-34-76-32-30-74-28-26-72-24-22-70-20-8-2-3-16-53(64)60-51-15-9-14-49-55(51)58(68)63(57(49)67)52-17-18-54(65)61-56(52)66/h4-7,9-15,50,52H,2-3,8,16-44H2,1H3,(H,60,64)(H,61,65,66). The topological polar surface area (TPSA) is 253 Å². The Labute approximate surface area is 480 Å². The summed E-state index contributed by atoms with van der Waals surface area (Å²) in [6.07, 6.45) is 2.03. The number of piperidine rings is 1. The van der Waals surface area contributed by atoms with E-state index in [-0.39, 0.29) is 60.6 Å². The average molecular weight is 1150 g/mol. The van der Waals surface area contributed by atoms with Gasteiger partial charge in [-0.05, 0) is 53.6 Å². The fraction of sp³-hybridized carbons (Fsp3) is 0.593. The number of fused-ring (bicyclic) bond motifs is 4. The molecule has 0 radical (unpaired) electrons. The van der Waals surface area contributed by atoms with Gasteiger partial charge in [-0.2, -0.15) is 0 Å². The summed E-state index contributed by atoms with van der Waals surface area (Å²) in [5.74, 6) is -2.72. The molecule has 0 spiro atoms. The van der Waals surface area contributed by atoms with Gasteiger partial charge in [-0.25, -0.2) is 4.79 Å². The number of benzene rings is 3. The van der Waals surface area contributed by atoms with E-state index in [2.05, 4.69) is 34.9 Å². The third-order valence-corrected chi connectivity index (χ3v) is 13.2. The van der Waals surface area contributed by atoms with Gasteiger partial charge >= 0.3 is 6.09 Å². The average Bonchev–Trinajstić information content (AvgIpc) is 3.16. The number of ether oxygens (including phenoxy) is 13. The van der Waals surface area contributed by atoms with Crippen molar-refractivity contribution in [3.63, 3.8) is 0 Å². The number of hydrogen-bond acceptors (Lipinski definition) is 19. The molecule has 3 aromatic carbocycles. The Hall–Kier alpha value is -5.80. The lowest BCUT2D eigenvalue weighted by molar-refractivity contribution is -0.136. The van der Waals surface area contributed by atoms with E-state index >= 15 is 0 Å². The third kappa shape index (κ3) is 22.7. The molecule has 1 atom stereocenters. The van der Waals surface area contributed by atoms with Crippen molar-refractivity contribution in [3.8, 4) is 11.1 Å². The van der Waals surface area contributed by atoms with Gasteiger partial charge in [0.05, 0.1) is 169 Å². The van der Waals surface area contributed by atoms with E-state index in [1.807, 2.05) is 24.3 Å². The van der Waals surface area contributed by atoms with Crippen LogP contribution in [0, 0.1) is 0 Å². The smallest absolute Gasteiger partial charge is 0.409 e. The highest BCUT2D eigenvalue weighted by Gasteiger charge is 2.45. The number of carbonyl (C=O) groups excluding carboxylic acids is 6. The molecular formula is C59H82N4O19. The van der Waals surface area contributed by atoms with Crippen LogP contribution in [0.15, 0.2) is 66.7 Å². The summed E-state index contributed by atoms with van der Waals surface area (Å²) >= 11 is 0. The summed E-state index contributed by atoms with van der Waals surface area (Å²) in [5.41, 5.74) is 5.12. The van der Waals surface area contributed by atoms with Crippen LogP contribution in [0.25, 0.3) is 11.1 Å². The van der Waals surface area contributed by atoms with Crippen molar-refractivity contribution in [2.45, 2.75) is 50.5 Å². The van der Waals surface area contributed by atoms with Crippen LogP contribution in [0.4, 0.5) is 10.5 Å². The molecule has 3 aromatic rings. The molecule has 6 amide bonds. The van der Waals surface area contributed by atoms with Crippen LogP contribution in [0.5, 0.6) is 0 Å². The first-order valence-electron chi connectivity index (χ1n) is 28.4. The van der Waals surface area contributed by atoms with E-state index < -0.39 is 29.7 Å². The maximum Gasteiger partial charge on any atom is 0.409 e. The van der Waals surface area contributed by atoms with Crippen molar-refractivity contribution in [2.75, 3.05) is 184 Å². The molecule has 6 rings (SSSR count). The quantitative estimate of drug-likeness (QED) is 0.0576. The number of unbranched alkanes of at least 4 members (excludes halogenated alkanes) is 2. The Bertz CT molecular complexity index is 2370. The lowest BCUT2D eigenvalue weighted by atomic mass is 9.98. The molecule has 2 N–H and O–H groups in total. The van der Waals surface area contributed by atoms with Gasteiger partial charge in [-0.15, -0.1) is 0 Å². The summed E-state index contributed by atoms with van der Waals surface area (Å²) in [6.45, 7) is 11.5. The minimum Gasteiger partial charge on any atom is -0.448 e. The first-order valence-corrected chi connectivity index (χ1v) is 28.4.